The second-order valence-electron chi connectivity index (χ2n) is 6.39. The Morgan fingerprint density at radius 2 is 2.15 bits per heavy atom. The molecule has 1 amide bonds. The summed E-state index contributed by atoms with van der Waals surface area (Å²) in [6.45, 7) is 2.56. The Labute approximate surface area is 159 Å². The number of phenolic OH excluding ortho intramolecular Hbond substituents is 1. The highest BCUT2D eigenvalue weighted by Gasteiger charge is 2.30. The van der Waals surface area contributed by atoms with Crippen molar-refractivity contribution in [1.29, 1.82) is 0 Å². The number of carbonyl (C=O) groups excluding carboxylic acids is 1. The summed E-state index contributed by atoms with van der Waals surface area (Å²) in [6.07, 6.45) is 2.51. The van der Waals surface area contributed by atoms with Crippen LogP contribution in [0, 0.1) is 0 Å². The lowest BCUT2D eigenvalue weighted by molar-refractivity contribution is 0.0671. The van der Waals surface area contributed by atoms with Crippen molar-refractivity contribution in [2.45, 2.75) is 19.4 Å². The summed E-state index contributed by atoms with van der Waals surface area (Å²) in [5.74, 6) is 0.446. The van der Waals surface area contributed by atoms with Gasteiger partial charge in [0, 0.05) is 17.2 Å². The van der Waals surface area contributed by atoms with E-state index in [4.69, 9.17) is 4.74 Å². The maximum Gasteiger partial charge on any atom is 0.274 e. The third kappa shape index (κ3) is 2.72. The van der Waals surface area contributed by atoms with Gasteiger partial charge in [-0.3, -0.25) is 4.79 Å². The zero-order valence-corrected chi connectivity index (χ0v) is 16.0. The molecule has 0 spiro atoms. The van der Waals surface area contributed by atoms with E-state index in [0.717, 1.165) is 21.1 Å². The first-order valence-corrected chi connectivity index (χ1v) is 9.13. The van der Waals surface area contributed by atoms with Gasteiger partial charge in [0.1, 0.15) is 0 Å². The molecule has 0 radical (unpaired) electrons. The highest BCUT2D eigenvalue weighted by molar-refractivity contribution is 9.10. The van der Waals surface area contributed by atoms with Gasteiger partial charge >= 0.3 is 0 Å². The second kappa shape index (κ2) is 6.32. The predicted octanol–water partition coefficient (Wildman–Crippen LogP) is 3.57. The number of phenols is 1. The lowest BCUT2D eigenvalue weighted by Gasteiger charge is -2.35. The third-order valence-electron chi connectivity index (χ3n) is 4.88. The Balaban J connectivity index is 1.68. The van der Waals surface area contributed by atoms with Crippen LogP contribution in [0.2, 0.25) is 0 Å². The normalized spacial score (nSPS) is 16.6. The van der Waals surface area contributed by atoms with Crippen LogP contribution in [-0.2, 0) is 6.42 Å². The van der Waals surface area contributed by atoms with Crippen LogP contribution in [0.15, 0.2) is 41.0 Å². The lowest BCUT2D eigenvalue weighted by Crippen LogP contribution is -2.39. The molecule has 0 fully saturated rings. The number of halogens is 1. The van der Waals surface area contributed by atoms with Crippen molar-refractivity contribution in [3.63, 3.8) is 0 Å². The lowest BCUT2D eigenvalue weighted by atomic mass is 9.92. The molecular formula is C19H18BrN3O3. The van der Waals surface area contributed by atoms with E-state index in [1.54, 1.807) is 16.6 Å². The molecule has 0 saturated carbocycles. The van der Waals surface area contributed by atoms with Crippen molar-refractivity contribution in [1.82, 2.24) is 14.5 Å². The largest absolute Gasteiger partial charge is 0.504 e. The molecule has 3 heterocycles. The van der Waals surface area contributed by atoms with Gasteiger partial charge in [0.2, 0.25) is 0 Å². The van der Waals surface area contributed by atoms with Gasteiger partial charge in [0.15, 0.2) is 17.2 Å². The molecule has 1 aromatic carbocycles. The summed E-state index contributed by atoms with van der Waals surface area (Å²) >= 11 is 3.41. The van der Waals surface area contributed by atoms with Crippen LogP contribution < -0.4 is 4.74 Å². The maximum atomic E-state index is 13.1. The summed E-state index contributed by atoms with van der Waals surface area (Å²) in [4.78, 5) is 14.9. The van der Waals surface area contributed by atoms with Gasteiger partial charge in [-0.05, 0) is 70.7 Å². The number of rotatable bonds is 2. The van der Waals surface area contributed by atoms with Gasteiger partial charge in [-0.15, -0.1) is 0 Å². The minimum absolute atomic E-state index is 0.102. The van der Waals surface area contributed by atoms with Crippen molar-refractivity contribution in [2.75, 3.05) is 13.7 Å². The number of amides is 1. The average molecular weight is 416 g/mol. The fraction of sp³-hybridized carbons (Fsp3) is 0.263. The smallest absolute Gasteiger partial charge is 0.274 e. The van der Waals surface area contributed by atoms with E-state index in [0.29, 0.717) is 24.4 Å². The quantitative estimate of drug-likeness (QED) is 0.694. The first-order chi connectivity index (χ1) is 12.5. The number of benzene rings is 1. The molecule has 0 aliphatic carbocycles. The molecule has 3 aromatic rings. The molecule has 1 atom stereocenters. The Morgan fingerprint density at radius 1 is 1.35 bits per heavy atom. The van der Waals surface area contributed by atoms with Crippen molar-refractivity contribution in [2.24, 2.45) is 0 Å². The second-order valence-corrected chi connectivity index (χ2v) is 7.31. The fourth-order valence-electron chi connectivity index (χ4n) is 3.49. The Bertz CT molecular complexity index is 1010. The predicted molar refractivity (Wildman–Crippen MR) is 101 cm³/mol. The molecule has 7 heteroatoms. The van der Waals surface area contributed by atoms with E-state index >= 15 is 0 Å². The molecular weight excluding hydrogens is 398 g/mol. The van der Waals surface area contributed by atoms with E-state index in [1.165, 1.54) is 7.11 Å². The molecule has 1 unspecified atom stereocenters. The van der Waals surface area contributed by atoms with Crippen LogP contribution in [0.3, 0.4) is 0 Å². The average Bonchev–Trinajstić information content (AvgIpc) is 3.04. The number of aromatic hydroxyl groups is 1. The SMILES string of the molecule is COc1cc2c(cc1O)CCN(C(=O)c1cc3ccc(Br)cn3n1)C2C. The van der Waals surface area contributed by atoms with E-state index in [2.05, 4.69) is 21.0 Å². The number of hydrogen-bond donors (Lipinski definition) is 1. The van der Waals surface area contributed by atoms with Gasteiger partial charge in [-0.25, -0.2) is 4.52 Å². The summed E-state index contributed by atoms with van der Waals surface area (Å²) < 4.78 is 7.81. The molecule has 2 aromatic heterocycles. The third-order valence-corrected chi connectivity index (χ3v) is 5.35. The van der Waals surface area contributed by atoms with Gasteiger partial charge in [0.25, 0.3) is 5.91 Å². The molecule has 0 bridgehead atoms. The first-order valence-electron chi connectivity index (χ1n) is 8.33. The van der Waals surface area contributed by atoms with E-state index in [-0.39, 0.29) is 17.7 Å². The summed E-state index contributed by atoms with van der Waals surface area (Å²) in [7, 11) is 1.52. The van der Waals surface area contributed by atoms with Crippen LogP contribution in [0.25, 0.3) is 5.52 Å². The zero-order valence-electron chi connectivity index (χ0n) is 14.4. The van der Waals surface area contributed by atoms with Crippen molar-refractivity contribution < 1.29 is 14.6 Å². The summed E-state index contributed by atoms with van der Waals surface area (Å²) in [5, 5.41) is 14.4. The molecule has 4 rings (SSSR count). The van der Waals surface area contributed by atoms with E-state index in [1.807, 2.05) is 36.2 Å². The fourth-order valence-corrected chi connectivity index (χ4v) is 3.82. The van der Waals surface area contributed by atoms with Gasteiger partial charge < -0.3 is 14.7 Å². The summed E-state index contributed by atoms with van der Waals surface area (Å²) in [6, 6.07) is 9.05. The number of hydrogen-bond acceptors (Lipinski definition) is 4. The number of carbonyl (C=O) groups is 1. The van der Waals surface area contributed by atoms with Gasteiger partial charge in [0.05, 0.1) is 18.7 Å². The highest BCUT2D eigenvalue weighted by Crippen LogP contribution is 2.37. The number of fused-ring (bicyclic) bond motifs is 2. The van der Waals surface area contributed by atoms with Gasteiger partial charge in [-0.1, -0.05) is 0 Å². The van der Waals surface area contributed by atoms with Crippen LogP contribution >= 0.6 is 15.9 Å². The van der Waals surface area contributed by atoms with Crippen LogP contribution in [0.1, 0.15) is 34.6 Å². The molecule has 1 aliphatic rings. The molecule has 134 valence electrons. The number of methoxy groups -OCH3 is 1. The summed E-state index contributed by atoms with van der Waals surface area (Å²) in [5.41, 5.74) is 3.32. The first kappa shape index (κ1) is 16.9. The molecule has 1 N–H and O–H groups in total. The Hall–Kier alpha value is -2.54. The Morgan fingerprint density at radius 3 is 2.92 bits per heavy atom. The number of aromatic nitrogens is 2. The highest BCUT2D eigenvalue weighted by atomic mass is 79.9. The van der Waals surface area contributed by atoms with Crippen LogP contribution in [0.5, 0.6) is 11.5 Å². The molecule has 0 saturated heterocycles. The monoisotopic (exact) mass is 415 g/mol. The standard InChI is InChI=1S/C19H18BrN3O3/c1-11-15-9-18(26-2)17(24)7-12(15)5-6-22(11)19(25)16-8-14-4-3-13(20)10-23(14)21-16/h3-4,7-11,24H,5-6H2,1-2H3. The number of ether oxygens (including phenoxy) is 1. The van der Waals surface area contributed by atoms with Crippen LogP contribution in [-0.4, -0.2) is 39.2 Å². The minimum atomic E-state index is -0.128. The van der Waals surface area contributed by atoms with Gasteiger partial charge in [-0.2, -0.15) is 5.10 Å². The number of pyridine rings is 1. The molecule has 26 heavy (non-hydrogen) atoms. The van der Waals surface area contributed by atoms with Crippen LogP contribution in [0.4, 0.5) is 0 Å². The van der Waals surface area contributed by atoms with E-state index < -0.39 is 0 Å². The zero-order chi connectivity index (χ0) is 18.4. The topological polar surface area (TPSA) is 67.1 Å². The van der Waals surface area contributed by atoms with Crippen molar-refractivity contribution in [3.05, 3.63) is 57.8 Å². The van der Waals surface area contributed by atoms with E-state index in [9.17, 15) is 9.90 Å². The minimum Gasteiger partial charge on any atom is -0.504 e. The molecule has 1 aliphatic heterocycles. The molecule has 6 nitrogen and oxygen atoms in total. The number of nitrogens with zero attached hydrogens (tertiary/aromatic N) is 3. The van der Waals surface area contributed by atoms with Crippen molar-refractivity contribution >= 4 is 27.4 Å². The Kier molecular flexibility index (Phi) is 4.11. The maximum absolute atomic E-state index is 13.1. The van der Waals surface area contributed by atoms with Crippen molar-refractivity contribution in [3.8, 4) is 11.5 Å².